The molecule has 3 nitrogen and oxygen atoms in total. The quantitative estimate of drug-likeness (QED) is 0.527. The van der Waals surface area contributed by atoms with Gasteiger partial charge in [0.1, 0.15) is 5.15 Å². The molecule has 0 aliphatic heterocycles. The number of hydrogen-bond donors (Lipinski definition) is 1. The second-order valence-electron chi connectivity index (χ2n) is 3.81. The summed E-state index contributed by atoms with van der Waals surface area (Å²) in [6.45, 7) is 0. The van der Waals surface area contributed by atoms with E-state index in [-0.39, 0.29) is 16.5 Å². The second-order valence-corrected chi connectivity index (χ2v) is 5.13. The highest BCUT2D eigenvalue weighted by atomic mass is 79.9. The minimum absolute atomic E-state index is 0.0674. The zero-order chi connectivity index (χ0) is 13.8. The molecule has 0 saturated heterocycles. The van der Waals surface area contributed by atoms with Crippen molar-refractivity contribution in [2.45, 2.75) is 0 Å². The van der Waals surface area contributed by atoms with Crippen molar-refractivity contribution in [2.24, 2.45) is 0 Å². The third-order valence-corrected chi connectivity index (χ3v) is 3.19. The summed E-state index contributed by atoms with van der Waals surface area (Å²) in [6, 6.07) is 8.65. The summed E-state index contributed by atoms with van der Waals surface area (Å²) in [4.78, 5) is 26.1. The number of H-pyrrole nitrogens is 1. The van der Waals surface area contributed by atoms with Crippen LogP contribution in [-0.2, 0) is 0 Å². The summed E-state index contributed by atoms with van der Waals surface area (Å²) in [5.41, 5.74) is 0.550. The number of ketones is 1. The van der Waals surface area contributed by atoms with E-state index in [2.05, 4.69) is 20.9 Å². The highest BCUT2D eigenvalue weighted by molar-refractivity contribution is 9.10. The molecule has 0 saturated carbocycles. The summed E-state index contributed by atoms with van der Waals surface area (Å²) < 4.78 is 0.963. The molecule has 19 heavy (non-hydrogen) atoms. The van der Waals surface area contributed by atoms with Crippen molar-refractivity contribution in [1.29, 1.82) is 0 Å². The van der Waals surface area contributed by atoms with Crippen LogP contribution in [0.25, 0.3) is 6.08 Å². The van der Waals surface area contributed by atoms with Crippen molar-refractivity contribution in [2.75, 3.05) is 0 Å². The number of hydrogen-bond acceptors (Lipinski definition) is 2. The maximum atomic E-state index is 11.9. The van der Waals surface area contributed by atoms with Gasteiger partial charge < -0.3 is 4.98 Å². The van der Waals surface area contributed by atoms with Gasteiger partial charge in [0.15, 0.2) is 11.2 Å². The van der Waals surface area contributed by atoms with Gasteiger partial charge in [-0.1, -0.05) is 45.7 Å². The van der Waals surface area contributed by atoms with Crippen LogP contribution in [0.15, 0.2) is 51.9 Å². The van der Waals surface area contributed by atoms with Crippen LogP contribution in [0.3, 0.4) is 0 Å². The largest absolute Gasteiger partial charge is 0.351 e. The molecule has 5 heteroatoms. The predicted molar refractivity (Wildman–Crippen MR) is 79.6 cm³/mol. The van der Waals surface area contributed by atoms with Crippen LogP contribution in [0, 0.1) is 0 Å². The van der Waals surface area contributed by atoms with Gasteiger partial charge >= 0.3 is 0 Å². The van der Waals surface area contributed by atoms with E-state index >= 15 is 0 Å². The molecule has 96 valence electrons. The first-order chi connectivity index (χ1) is 9.06. The number of aromatic nitrogens is 1. The summed E-state index contributed by atoms with van der Waals surface area (Å²) in [7, 11) is 0. The molecule has 0 unspecified atom stereocenters. The smallest absolute Gasteiger partial charge is 0.194 e. The lowest BCUT2D eigenvalue weighted by Gasteiger charge is -1.96. The number of carbonyl (C=O) groups is 1. The Morgan fingerprint density at radius 3 is 2.58 bits per heavy atom. The van der Waals surface area contributed by atoms with Gasteiger partial charge in [-0.25, -0.2) is 0 Å². The molecule has 2 rings (SSSR count). The van der Waals surface area contributed by atoms with Crippen LogP contribution in [0.2, 0.25) is 5.15 Å². The summed E-state index contributed by atoms with van der Waals surface area (Å²) in [5, 5.41) is 0.207. The average molecular weight is 339 g/mol. The third-order valence-electron chi connectivity index (χ3n) is 2.44. The van der Waals surface area contributed by atoms with Crippen LogP contribution in [-0.4, -0.2) is 10.8 Å². The summed E-state index contributed by atoms with van der Waals surface area (Å²) in [5.74, 6) is -0.360. The molecule has 0 aliphatic rings. The van der Waals surface area contributed by atoms with Crippen molar-refractivity contribution in [3.05, 3.63) is 73.6 Å². The third kappa shape index (κ3) is 3.66. The van der Waals surface area contributed by atoms with Gasteiger partial charge in [-0.3, -0.25) is 9.59 Å². The average Bonchev–Trinajstić information content (AvgIpc) is 2.37. The Morgan fingerprint density at radius 2 is 1.95 bits per heavy atom. The van der Waals surface area contributed by atoms with Gasteiger partial charge in [-0.05, 0) is 23.8 Å². The maximum absolute atomic E-state index is 11.9. The standard InChI is InChI=1S/C14H9BrClNO2/c15-10-4-1-9(2-5-10)3-6-12(18)11-8-17-14(16)7-13(11)19/h1-8H,(H,17,19)/b6-3+. The van der Waals surface area contributed by atoms with Gasteiger partial charge in [-0.2, -0.15) is 0 Å². The van der Waals surface area contributed by atoms with Gasteiger partial charge in [0.25, 0.3) is 0 Å². The molecule has 1 aromatic heterocycles. The lowest BCUT2D eigenvalue weighted by Crippen LogP contribution is -2.12. The Balaban J connectivity index is 2.21. The molecule has 0 radical (unpaired) electrons. The number of benzene rings is 1. The van der Waals surface area contributed by atoms with E-state index in [0.717, 1.165) is 10.0 Å². The second kappa shape index (κ2) is 5.99. The fraction of sp³-hybridized carbons (Fsp3) is 0. The van der Waals surface area contributed by atoms with Crippen LogP contribution in [0.4, 0.5) is 0 Å². The van der Waals surface area contributed by atoms with Crippen LogP contribution < -0.4 is 5.43 Å². The lowest BCUT2D eigenvalue weighted by atomic mass is 10.1. The topological polar surface area (TPSA) is 49.9 Å². The van der Waals surface area contributed by atoms with Crippen molar-refractivity contribution >= 4 is 39.4 Å². The molecule has 1 heterocycles. The molecule has 0 amide bonds. The monoisotopic (exact) mass is 337 g/mol. The number of pyridine rings is 1. The van der Waals surface area contributed by atoms with E-state index in [1.54, 1.807) is 6.08 Å². The zero-order valence-electron chi connectivity index (χ0n) is 9.69. The molecule has 1 N–H and O–H groups in total. The Kier molecular flexibility index (Phi) is 4.35. The highest BCUT2D eigenvalue weighted by Crippen LogP contribution is 2.11. The van der Waals surface area contributed by atoms with Gasteiger partial charge in [0.05, 0.1) is 5.56 Å². The highest BCUT2D eigenvalue weighted by Gasteiger charge is 2.07. The fourth-order valence-electron chi connectivity index (χ4n) is 1.47. The maximum Gasteiger partial charge on any atom is 0.194 e. The van der Waals surface area contributed by atoms with Crippen molar-refractivity contribution in [3.8, 4) is 0 Å². The first kappa shape index (κ1) is 13.8. The Bertz CT molecular complexity index is 689. The number of carbonyl (C=O) groups excluding carboxylic acids is 1. The molecular weight excluding hydrogens is 330 g/mol. The molecule has 1 aromatic carbocycles. The number of rotatable bonds is 3. The van der Waals surface area contributed by atoms with E-state index in [9.17, 15) is 9.59 Å². The fourth-order valence-corrected chi connectivity index (χ4v) is 1.89. The number of allylic oxidation sites excluding steroid dienone is 1. The Hall–Kier alpha value is -1.65. The number of halogens is 2. The van der Waals surface area contributed by atoms with E-state index < -0.39 is 5.43 Å². The minimum Gasteiger partial charge on any atom is -0.351 e. The lowest BCUT2D eigenvalue weighted by molar-refractivity contribution is 0.104. The SMILES string of the molecule is O=C(/C=C/c1ccc(Br)cc1)c1c[nH]c(Cl)cc1=O. The van der Waals surface area contributed by atoms with Gasteiger partial charge in [-0.15, -0.1) is 0 Å². The molecule has 2 aromatic rings. The van der Waals surface area contributed by atoms with E-state index in [4.69, 9.17) is 11.6 Å². The van der Waals surface area contributed by atoms with E-state index in [1.165, 1.54) is 18.3 Å². The van der Waals surface area contributed by atoms with Crippen molar-refractivity contribution in [1.82, 2.24) is 4.98 Å². The molecule has 0 aliphatic carbocycles. The number of nitrogens with one attached hydrogen (secondary N) is 1. The normalized spacial score (nSPS) is 10.8. The molecule has 0 bridgehead atoms. The van der Waals surface area contributed by atoms with E-state index in [1.807, 2.05) is 24.3 Å². The van der Waals surface area contributed by atoms with Gasteiger partial charge in [0, 0.05) is 16.7 Å². The summed E-state index contributed by atoms with van der Waals surface area (Å²) in [6.07, 6.45) is 4.34. The van der Waals surface area contributed by atoms with Crippen molar-refractivity contribution < 1.29 is 4.79 Å². The first-order valence-corrected chi connectivity index (χ1v) is 6.59. The molecule has 0 fully saturated rings. The Labute approximate surface area is 123 Å². The minimum atomic E-state index is -0.394. The van der Waals surface area contributed by atoms with Crippen molar-refractivity contribution in [3.63, 3.8) is 0 Å². The number of aromatic amines is 1. The molecule has 0 atom stereocenters. The Morgan fingerprint density at radius 1 is 1.26 bits per heavy atom. The molecular formula is C14H9BrClNO2. The van der Waals surface area contributed by atoms with E-state index in [0.29, 0.717) is 0 Å². The van der Waals surface area contributed by atoms with Crippen LogP contribution >= 0.6 is 27.5 Å². The van der Waals surface area contributed by atoms with Crippen LogP contribution in [0.1, 0.15) is 15.9 Å². The predicted octanol–water partition coefficient (Wildman–Crippen LogP) is 3.69. The zero-order valence-corrected chi connectivity index (χ0v) is 12.0. The molecule has 0 spiro atoms. The summed E-state index contributed by atoms with van der Waals surface area (Å²) >= 11 is 8.95. The first-order valence-electron chi connectivity index (χ1n) is 5.42. The van der Waals surface area contributed by atoms with Crippen LogP contribution in [0.5, 0.6) is 0 Å². The van der Waals surface area contributed by atoms with Gasteiger partial charge in [0.2, 0.25) is 0 Å².